The van der Waals surface area contributed by atoms with Gasteiger partial charge in [0.2, 0.25) is 0 Å². The van der Waals surface area contributed by atoms with Gasteiger partial charge in [0, 0.05) is 0 Å². The van der Waals surface area contributed by atoms with E-state index in [0.717, 1.165) is 0 Å². The van der Waals surface area contributed by atoms with Crippen molar-refractivity contribution in [1.82, 2.24) is 16.0 Å². The van der Waals surface area contributed by atoms with E-state index in [1.165, 1.54) is 0 Å². The molecule has 9 N–H and O–H groups in total. The molecule has 0 aliphatic heterocycles. The Morgan fingerprint density at radius 3 is 1.14 bits per heavy atom. The molecule has 0 saturated heterocycles. The highest BCUT2D eigenvalue weighted by Crippen LogP contribution is 1.66. The predicted octanol–water partition coefficient (Wildman–Crippen LogP) is -5.16. The van der Waals surface area contributed by atoms with Gasteiger partial charge in [-0.1, -0.05) is 0 Å². The number of rotatable bonds is 6. The van der Waals surface area contributed by atoms with Crippen molar-refractivity contribution in [3.8, 4) is 0 Å². The van der Waals surface area contributed by atoms with E-state index in [1.807, 2.05) is 0 Å². The molecule has 0 aliphatic rings. The van der Waals surface area contributed by atoms with Crippen LogP contribution in [0.2, 0.25) is 0 Å². The van der Waals surface area contributed by atoms with Crippen LogP contribution < -0.4 is 16.0 Å². The van der Waals surface area contributed by atoms with E-state index in [-0.39, 0.29) is 20.2 Å². The Morgan fingerprint density at radius 1 is 0.786 bits per heavy atom. The Kier molecular flexibility index (Phi) is 14.7. The fourth-order valence-electron chi connectivity index (χ4n) is 0.490. The van der Waals surface area contributed by atoms with Crippen LogP contribution in [0.5, 0.6) is 0 Å². The normalized spacial score (nSPS) is 9.64. The molecule has 0 heterocycles. The van der Waals surface area contributed by atoms with Gasteiger partial charge in [0.1, 0.15) is 6.29 Å². The van der Waals surface area contributed by atoms with Crippen molar-refractivity contribution in [3.63, 3.8) is 0 Å². The van der Waals surface area contributed by atoms with Gasteiger partial charge in [-0.05, 0) is 0 Å². The Hall–Kier alpha value is -0.295. The average molecular weight is 213 g/mol. The first-order valence-corrected chi connectivity index (χ1v) is 3.65. The summed E-state index contributed by atoms with van der Waals surface area (Å²) in [5.41, 5.74) is 0. The van der Waals surface area contributed by atoms with Gasteiger partial charge in [0.25, 0.3) is 0 Å². The van der Waals surface area contributed by atoms with Gasteiger partial charge in [-0.25, -0.2) is 0 Å². The van der Waals surface area contributed by atoms with Crippen LogP contribution in [0.25, 0.3) is 0 Å². The van der Waals surface area contributed by atoms with E-state index in [4.69, 9.17) is 30.4 Å². The van der Waals surface area contributed by atoms with Crippen LogP contribution in [0.15, 0.2) is 0 Å². The molecule has 9 nitrogen and oxygen atoms in total. The summed E-state index contributed by atoms with van der Waals surface area (Å²) in [4.78, 5) is 0. The third-order valence-corrected chi connectivity index (χ3v) is 0.886. The summed E-state index contributed by atoms with van der Waals surface area (Å²) in [6.45, 7) is -0.694. The molecule has 0 aromatic heterocycles. The van der Waals surface area contributed by atoms with E-state index >= 15 is 0 Å². The molecule has 0 rings (SSSR count). The van der Waals surface area contributed by atoms with Gasteiger partial charge in [-0.15, -0.1) is 0 Å². The Morgan fingerprint density at radius 2 is 1.00 bits per heavy atom. The van der Waals surface area contributed by atoms with Gasteiger partial charge in [-0.3, -0.25) is 16.0 Å². The first-order valence-electron chi connectivity index (χ1n) is 3.65. The summed E-state index contributed by atoms with van der Waals surface area (Å²) in [6, 6.07) is 0. The fourth-order valence-corrected chi connectivity index (χ4v) is 0.490. The molecule has 0 unspecified atom stereocenters. The van der Waals surface area contributed by atoms with Crippen LogP contribution >= 0.6 is 0 Å². The minimum Gasteiger partial charge on any atom is -0.402 e. The lowest BCUT2D eigenvalue weighted by Gasteiger charge is -2.17. The second kappa shape index (κ2) is 12.7. The van der Waals surface area contributed by atoms with Gasteiger partial charge in [-0.2, -0.15) is 0 Å². The van der Waals surface area contributed by atoms with Gasteiger partial charge in [0.15, 0.2) is 0 Å². The molecule has 14 heavy (non-hydrogen) atoms. The molecule has 0 amide bonds. The zero-order valence-corrected chi connectivity index (χ0v) is 7.46. The Bertz CT molecular complexity index is 92.1. The highest BCUT2D eigenvalue weighted by atomic mass is 16.5. The van der Waals surface area contributed by atoms with Crippen LogP contribution in [0.4, 0.5) is 0 Å². The standard InChI is InChI=1S/C4H13N3O3.BH3O3/c8-1-5-4(6-2-9)7-3-10;2-1(3)4/h4-10H,1-3H2;2-4H. The van der Waals surface area contributed by atoms with Crippen LogP contribution in [-0.4, -0.2) is 64.2 Å². The summed E-state index contributed by atoms with van der Waals surface area (Å²) in [5, 5.41) is 54.0. The minimum atomic E-state index is -2.17. The van der Waals surface area contributed by atoms with Crippen LogP contribution in [0.1, 0.15) is 0 Å². The third-order valence-electron chi connectivity index (χ3n) is 0.886. The molecule has 0 saturated carbocycles. The summed E-state index contributed by atoms with van der Waals surface area (Å²) < 4.78 is 0. The molecule has 0 aliphatic carbocycles. The first kappa shape index (κ1) is 16.1. The fraction of sp³-hybridized carbons (Fsp3) is 1.00. The number of hydrogen-bond donors (Lipinski definition) is 9. The Balaban J connectivity index is 0. The molecule has 0 radical (unpaired) electrons. The van der Waals surface area contributed by atoms with E-state index in [1.54, 1.807) is 0 Å². The maximum Gasteiger partial charge on any atom is 0.631 e. The average Bonchev–Trinajstić information content (AvgIpc) is 2.04. The smallest absolute Gasteiger partial charge is 0.402 e. The SMILES string of the molecule is OB(O)O.OCNC(NCO)NCO. The topological polar surface area (TPSA) is 157 Å². The van der Waals surface area contributed by atoms with E-state index in [9.17, 15) is 0 Å². The number of aliphatic hydroxyl groups excluding tert-OH is 3. The molecule has 0 spiro atoms. The predicted molar refractivity (Wildman–Crippen MR) is 46.9 cm³/mol. The minimum absolute atomic E-state index is 0.231. The van der Waals surface area contributed by atoms with Crippen molar-refractivity contribution in [3.05, 3.63) is 0 Å². The van der Waals surface area contributed by atoms with Crippen molar-refractivity contribution >= 4 is 7.32 Å². The molecule has 0 atom stereocenters. The maximum atomic E-state index is 8.34. The molecule has 10 heteroatoms. The van der Waals surface area contributed by atoms with Crippen molar-refractivity contribution < 1.29 is 30.4 Å². The Labute approximate surface area is 81.2 Å². The molecule has 0 aromatic carbocycles. The van der Waals surface area contributed by atoms with Crippen molar-refractivity contribution in [2.75, 3.05) is 20.2 Å². The van der Waals surface area contributed by atoms with E-state index in [0.29, 0.717) is 0 Å². The summed E-state index contributed by atoms with van der Waals surface area (Å²) in [7, 11) is -2.17. The maximum absolute atomic E-state index is 8.34. The number of aliphatic hydroxyl groups is 3. The van der Waals surface area contributed by atoms with E-state index in [2.05, 4.69) is 16.0 Å². The second-order valence-corrected chi connectivity index (χ2v) is 1.87. The zero-order chi connectivity index (χ0) is 11.4. The van der Waals surface area contributed by atoms with E-state index < -0.39 is 13.6 Å². The number of nitrogens with one attached hydrogen (secondary N) is 3. The summed E-state index contributed by atoms with van der Waals surface area (Å²) in [6.07, 6.45) is -0.472. The van der Waals surface area contributed by atoms with Crippen LogP contribution in [0, 0.1) is 0 Å². The van der Waals surface area contributed by atoms with Crippen LogP contribution in [-0.2, 0) is 0 Å². The highest BCUT2D eigenvalue weighted by Gasteiger charge is 2.00. The molecule has 0 bridgehead atoms. The molecule has 86 valence electrons. The lowest BCUT2D eigenvalue weighted by atomic mass is 10.3. The lowest BCUT2D eigenvalue weighted by molar-refractivity contribution is 0.143. The molecule has 0 fully saturated rings. The van der Waals surface area contributed by atoms with Gasteiger partial charge >= 0.3 is 7.32 Å². The van der Waals surface area contributed by atoms with Crippen molar-refractivity contribution in [2.24, 2.45) is 0 Å². The molecular formula is C4H16BN3O6. The largest absolute Gasteiger partial charge is 0.631 e. The monoisotopic (exact) mass is 213 g/mol. The molecule has 0 aromatic rings. The van der Waals surface area contributed by atoms with Crippen LogP contribution in [0.3, 0.4) is 0 Å². The number of hydrogen-bond acceptors (Lipinski definition) is 9. The lowest BCUT2D eigenvalue weighted by Crippen LogP contribution is -2.53. The van der Waals surface area contributed by atoms with Gasteiger partial charge in [0.05, 0.1) is 20.2 Å². The highest BCUT2D eigenvalue weighted by molar-refractivity contribution is 6.30. The first-order chi connectivity index (χ1) is 6.58. The zero-order valence-electron chi connectivity index (χ0n) is 7.46. The molecular weight excluding hydrogens is 197 g/mol. The van der Waals surface area contributed by atoms with Crippen molar-refractivity contribution in [1.29, 1.82) is 0 Å². The second-order valence-electron chi connectivity index (χ2n) is 1.87. The summed E-state index contributed by atoms with van der Waals surface area (Å²) in [5.74, 6) is 0. The van der Waals surface area contributed by atoms with Crippen molar-refractivity contribution in [2.45, 2.75) is 6.29 Å². The quantitative estimate of drug-likeness (QED) is 0.155. The summed E-state index contributed by atoms with van der Waals surface area (Å²) >= 11 is 0. The third kappa shape index (κ3) is 17.7. The van der Waals surface area contributed by atoms with Gasteiger partial charge < -0.3 is 30.4 Å².